The third-order valence-corrected chi connectivity index (χ3v) is 6.97. The Morgan fingerprint density at radius 2 is 1.54 bits per heavy atom. The number of nitrogens with one attached hydrogen (secondary N) is 1. The predicted octanol–water partition coefficient (Wildman–Crippen LogP) is 4.40. The van der Waals surface area contributed by atoms with Gasteiger partial charge in [-0.1, -0.05) is 23.8 Å². The van der Waals surface area contributed by atoms with Gasteiger partial charge in [0.2, 0.25) is 5.75 Å². The summed E-state index contributed by atoms with van der Waals surface area (Å²) in [5.74, 6) is 1.07. The van der Waals surface area contributed by atoms with Crippen LogP contribution in [0.25, 0.3) is 0 Å². The van der Waals surface area contributed by atoms with Crippen molar-refractivity contribution in [2.45, 2.75) is 25.3 Å². The average Bonchev–Trinajstić information content (AvgIpc) is 2.84. The molecule has 0 heterocycles. The summed E-state index contributed by atoms with van der Waals surface area (Å²) in [4.78, 5) is 14.8. The molecule has 0 radical (unpaired) electrons. The van der Waals surface area contributed by atoms with Gasteiger partial charge in [0.15, 0.2) is 11.5 Å². The number of carbonyl (C=O) groups is 1. The van der Waals surface area contributed by atoms with E-state index in [9.17, 15) is 13.2 Å². The van der Waals surface area contributed by atoms with Crippen LogP contribution in [-0.2, 0) is 16.6 Å². The van der Waals surface area contributed by atoms with Gasteiger partial charge in [-0.2, -0.15) is 0 Å². The quantitative estimate of drug-likeness (QED) is 0.470. The summed E-state index contributed by atoms with van der Waals surface area (Å²) in [5.41, 5.74) is 3.13. The van der Waals surface area contributed by atoms with Crippen LogP contribution in [-0.4, -0.2) is 47.6 Å². The van der Waals surface area contributed by atoms with Gasteiger partial charge in [0.05, 0.1) is 26.2 Å². The molecule has 0 bridgehead atoms. The molecule has 0 spiro atoms. The third-order valence-electron chi connectivity index (χ3n) is 5.59. The van der Waals surface area contributed by atoms with Crippen molar-refractivity contribution in [1.29, 1.82) is 0 Å². The van der Waals surface area contributed by atoms with Crippen molar-refractivity contribution in [3.8, 4) is 17.2 Å². The molecule has 0 saturated heterocycles. The van der Waals surface area contributed by atoms with E-state index in [2.05, 4.69) is 4.72 Å². The molecular weight excluding hydrogens is 468 g/mol. The zero-order chi connectivity index (χ0) is 25.8. The van der Waals surface area contributed by atoms with Crippen molar-refractivity contribution in [2.75, 3.05) is 33.1 Å². The molecule has 0 aliphatic rings. The lowest BCUT2D eigenvalue weighted by molar-refractivity contribution is 0.0783. The number of carbonyl (C=O) groups excluding carboxylic acids is 1. The molecular formula is C26H30N2O6S. The van der Waals surface area contributed by atoms with Gasteiger partial charge >= 0.3 is 0 Å². The van der Waals surface area contributed by atoms with Crippen molar-refractivity contribution >= 4 is 21.6 Å². The standard InChI is InChI=1S/C26H30N2O6S/c1-17-7-11-20(12-8-17)27-35(30,31)21-13-9-18(2)22(15-21)26(29)28(3)16-19-10-14-23(32-4)25(34-6)24(19)33-5/h7-15,27H,16H2,1-6H3. The molecule has 0 unspecified atom stereocenters. The summed E-state index contributed by atoms with van der Waals surface area (Å²) in [5, 5.41) is 0. The van der Waals surface area contributed by atoms with Crippen LogP contribution in [0.4, 0.5) is 5.69 Å². The van der Waals surface area contributed by atoms with Crippen LogP contribution in [0.1, 0.15) is 27.0 Å². The Hall–Kier alpha value is -3.72. The summed E-state index contributed by atoms with van der Waals surface area (Å²) >= 11 is 0. The number of anilines is 1. The van der Waals surface area contributed by atoms with Crippen molar-refractivity contribution < 1.29 is 27.4 Å². The Labute approximate surface area is 206 Å². The first kappa shape index (κ1) is 25.9. The van der Waals surface area contributed by atoms with Gasteiger partial charge in [0.1, 0.15) is 0 Å². The van der Waals surface area contributed by atoms with E-state index in [1.54, 1.807) is 44.3 Å². The SMILES string of the molecule is COc1ccc(CN(C)C(=O)c2cc(S(=O)(=O)Nc3ccc(C)cc3)ccc2C)c(OC)c1OC. The molecule has 1 N–H and O–H groups in total. The molecule has 1 amide bonds. The van der Waals surface area contributed by atoms with Crippen molar-refractivity contribution in [2.24, 2.45) is 0 Å². The van der Waals surface area contributed by atoms with E-state index in [0.717, 1.165) is 5.56 Å². The van der Waals surface area contributed by atoms with Crippen LogP contribution in [0.3, 0.4) is 0 Å². The molecule has 0 fully saturated rings. The molecule has 186 valence electrons. The molecule has 0 aliphatic carbocycles. The fourth-order valence-electron chi connectivity index (χ4n) is 3.66. The molecule has 0 saturated carbocycles. The molecule has 35 heavy (non-hydrogen) atoms. The second-order valence-electron chi connectivity index (χ2n) is 8.10. The molecule has 3 rings (SSSR count). The van der Waals surface area contributed by atoms with Crippen LogP contribution in [0.5, 0.6) is 17.2 Å². The number of amides is 1. The Morgan fingerprint density at radius 1 is 0.886 bits per heavy atom. The monoisotopic (exact) mass is 498 g/mol. The normalized spacial score (nSPS) is 11.0. The summed E-state index contributed by atoms with van der Waals surface area (Å²) in [6.45, 7) is 3.90. The summed E-state index contributed by atoms with van der Waals surface area (Å²) < 4.78 is 44.8. The Morgan fingerprint density at radius 3 is 2.14 bits per heavy atom. The first-order valence-electron chi connectivity index (χ1n) is 10.8. The highest BCUT2D eigenvalue weighted by Gasteiger charge is 2.23. The highest BCUT2D eigenvalue weighted by atomic mass is 32.2. The zero-order valence-corrected chi connectivity index (χ0v) is 21.5. The topological polar surface area (TPSA) is 94.2 Å². The Bertz CT molecular complexity index is 1320. The Balaban J connectivity index is 1.88. The number of sulfonamides is 1. The largest absolute Gasteiger partial charge is 0.493 e. The number of hydrogen-bond donors (Lipinski definition) is 1. The van der Waals surface area contributed by atoms with E-state index < -0.39 is 10.0 Å². The molecule has 3 aromatic rings. The second-order valence-corrected chi connectivity index (χ2v) is 9.79. The molecule has 0 atom stereocenters. The van der Waals surface area contributed by atoms with E-state index in [0.29, 0.717) is 39.6 Å². The minimum atomic E-state index is -3.88. The van der Waals surface area contributed by atoms with Crippen LogP contribution in [0.15, 0.2) is 59.5 Å². The van der Waals surface area contributed by atoms with Gasteiger partial charge in [0, 0.05) is 30.4 Å². The van der Waals surface area contributed by atoms with E-state index in [-0.39, 0.29) is 17.3 Å². The first-order chi connectivity index (χ1) is 16.6. The predicted molar refractivity (Wildman–Crippen MR) is 135 cm³/mol. The fourth-order valence-corrected chi connectivity index (χ4v) is 4.74. The van der Waals surface area contributed by atoms with Crippen molar-refractivity contribution in [3.05, 3.63) is 76.9 Å². The highest BCUT2D eigenvalue weighted by molar-refractivity contribution is 7.92. The van der Waals surface area contributed by atoms with Crippen molar-refractivity contribution in [1.82, 2.24) is 4.90 Å². The van der Waals surface area contributed by atoms with Gasteiger partial charge < -0.3 is 19.1 Å². The van der Waals surface area contributed by atoms with E-state index in [1.165, 1.54) is 38.4 Å². The van der Waals surface area contributed by atoms with Gasteiger partial charge in [0.25, 0.3) is 15.9 Å². The van der Waals surface area contributed by atoms with E-state index >= 15 is 0 Å². The summed E-state index contributed by atoms with van der Waals surface area (Å²) in [6.07, 6.45) is 0. The smallest absolute Gasteiger partial charge is 0.261 e. The molecule has 8 nitrogen and oxygen atoms in total. The van der Waals surface area contributed by atoms with E-state index in [1.807, 2.05) is 19.1 Å². The molecule has 9 heteroatoms. The summed E-state index contributed by atoms with van der Waals surface area (Å²) in [7, 11) is 2.32. The highest BCUT2D eigenvalue weighted by Crippen LogP contribution is 2.40. The lowest BCUT2D eigenvalue weighted by Gasteiger charge is -2.22. The fraction of sp³-hybridized carbons (Fsp3) is 0.269. The van der Waals surface area contributed by atoms with Crippen LogP contribution in [0.2, 0.25) is 0 Å². The zero-order valence-electron chi connectivity index (χ0n) is 20.7. The maximum Gasteiger partial charge on any atom is 0.261 e. The van der Waals surface area contributed by atoms with Gasteiger partial charge in [-0.25, -0.2) is 8.42 Å². The number of nitrogens with zero attached hydrogens (tertiary/aromatic N) is 1. The first-order valence-corrected chi connectivity index (χ1v) is 12.3. The number of ether oxygens (including phenoxy) is 3. The van der Waals surface area contributed by atoms with Gasteiger partial charge in [-0.15, -0.1) is 0 Å². The number of rotatable bonds is 9. The maximum atomic E-state index is 13.3. The molecule has 0 aliphatic heterocycles. The lowest BCUT2D eigenvalue weighted by Crippen LogP contribution is -2.27. The van der Waals surface area contributed by atoms with Gasteiger partial charge in [-0.05, 0) is 55.8 Å². The number of methoxy groups -OCH3 is 3. The van der Waals surface area contributed by atoms with Crippen LogP contribution < -0.4 is 18.9 Å². The van der Waals surface area contributed by atoms with Gasteiger partial charge in [-0.3, -0.25) is 9.52 Å². The lowest BCUT2D eigenvalue weighted by atomic mass is 10.1. The van der Waals surface area contributed by atoms with Crippen LogP contribution >= 0.6 is 0 Å². The minimum Gasteiger partial charge on any atom is -0.493 e. The molecule has 0 aromatic heterocycles. The minimum absolute atomic E-state index is 0.00382. The Kier molecular flexibility index (Phi) is 7.91. The third kappa shape index (κ3) is 5.68. The van der Waals surface area contributed by atoms with E-state index in [4.69, 9.17) is 14.2 Å². The number of benzene rings is 3. The van der Waals surface area contributed by atoms with Crippen molar-refractivity contribution in [3.63, 3.8) is 0 Å². The summed E-state index contributed by atoms with van der Waals surface area (Å²) in [6, 6.07) is 15.1. The maximum absolute atomic E-state index is 13.3. The number of aryl methyl sites for hydroxylation is 2. The second kappa shape index (κ2) is 10.7. The van der Waals surface area contributed by atoms with Crippen LogP contribution in [0, 0.1) is 13.8 Å². The number of hydrogen-bond acceptors (Lipinski definition) is 6. The average molecular weight is 499 g/mol. The molecule has 3 aromatic carbocycles.